The van der Waals surface area contributed by atoms with Crippen LogP contribution in [0.25, 0.3) is 5.76 Å². The molecular weight excluding hydrogens is 324 g/mol. The molecule has 26 heavy (non-hydrogen) atoms. The van der Waals surface area contributed by atoms with Crippen LogP contribution in [0.15, 0.2) is 78.9 Å². The van der Waals surface area contributed by atoms with E-state index in [4.69, 9.17) is 9.47 Å². The minimum absolute atomic E-state index is 0.219. The fourth-order valence-corrected chi connectivity index (χ4v) is 3.19. The quantitative estimate of drug-likeness (QED) is 0.703. The van der Waals surface area contributed by atoms with Crippen LogP contribution >= 0.6 is 0 Å². The third-order valence-electron chi connectivity index (χ3n) is 4.59. The highest BCUT2D eigenvalue weighted by molar-refractivity contribution is 5.71. The molecule has 1 aliphatic rings. The van der Waals surface area contributed by atoms with E-state index in [1.807, 2.05) is 55.5 Å². The van der Waals surface area contributed by atoms with Gasteiger partial charge in [-0.1, -0.05) is 60.7 Å². The van der Waals surface area contributed by atoms with Crippen LogP contribution in [0.1, 0.15) is 28.4 Å². The molecule has 0 aliphatic carbocycles. The smallest absolute Gasteiger partial charge is 0.149 e. The minimum Gasteiger partial charge on any atom is -0.508 e. The Morgan fingerprint density at radius 3 is 2.12 bits per heavy atom. The van der Waals surface area contributed by atoms with Crippen molar-refractivity contribution in [2.45, 2.75) is 13.0 Å². The highest BCUT2D eigenvalue weighted by atomic mass is 16.5. The molecule has 1 N–H and O–H groups in total. The molecule has 4 rings (SSSR count). The molecule has 1 aliphatic heterocycles. The van der Waals surface area contributed by atoms with E-state index >= 15 is 0 Å². The zero-order valence-corrected chi connectivity index (χ0v) is 14.6. The third kappa shape index (κ3) is 3.04. The predicted molar refractivity (Wildman–Crippen MR) is 102 cm³/mol. The predicted octanol–water partition coefficient (Wildman–Crippen LogP) is 5.24. The fraction of sp³-hybridized carbons (Fsp3) is 0.130. The van der Waals surface area contributed by atoms with Crippen LogP contribution in [0.5, 0.6) is 11.5 Å². The summed E-state index contributed by atoms with van der Waals surface area (Å²) in [6.45, 7) is 2.27. The summed E-state index contributed by atoms with van der Waals surface area (Å²) in [4.78, 5) is 0. The van der Waals surface area contributed by atoms with Crippen molar-refractivity contribution in [3.05, 3.63) is 101 Å². The van der Waals surface area contributed by atoms with E-state index < -0.39 is 0 Å². The lowest BCUT2D eigenvalue weighted by Crippen LogP contribution is -2.12. The Balaban J connectivity index is 1.74. The summed E-state index contributed by atoms with van der Waals surface area (Å²) in [5.74, 6) is 1.68. The lowest BCUT2D eigenvalue weighted by atomic mass is 10.0. The molecule has 1 heterocycles. The Morgan fingerprint density at radius 2 is 1.50 bits per heavy atom. The molecular formula is C23H20O3. The van der Waals surface area contributed by atoms with Gasteiger partial charge in [0.2, 0.25) is 0 Å². The normalized spacial score (nSPS) is 12.9. The number of hydrogen-bond acceptors (Lipinski definition) is 3. The molecule has 0 saturated carbocycles. The highest BCUT2D eigenvalue weighted by Gasteiger charge is 2.23. The molecule has 3 heteroatoms. The van der Waals surface area contributed by atoms with Gasteiger partial charge >= 0.3 is 0 Å². The van der Waals surface area contributed by atoms with Gasteiger partial charge in [0, 0.05) is 5.56 Å². The first-order valence-corrected chi connectivity index (χ1v) is 8.66. The topological polar surface area (TPSA) is 38.7 Å². The second kappa shape index (κ2) is 6.96. The molecule has 0 unspecified atom stereocenters. The number of rotatable bonds is 4. The Kier molecular flexibility index (Phi) is 4.36. The SMILES string of the molecule is Cc1c(O)ccc2c1OCC=C2OC(c1ccccc1)c1ccccc1. The van der Waals surface area contributed by atoms with Gasteiger partial charge in [0.25, 0.3) is 0 Å². The van der Waals surface area contributed by atoms with Crippen molar-refractivity contribution in [2.24, 2.45) is 0 Å². The zero-order valence-electron chi connectivity index (χ0n) is 14.6. The first kappa shape index (κ1) is 16.3. The van der Waals surface area contributed by atoms with Gasteiger partial charge in [-0.3, -0.25) is 0 Å². The van der Waals surface area contributed by atoms with E-state index in [1.165, 1.54) is 0 Å². The molecule has 3 nitrogen and oxygen atoms in total. The van der Waals surface area contributed by atoms with E-state index in [1.54, 1.807) is 6.07 Å². The van der Waals surface area contributed by atoms with Crippen LogP contribution in [0.4, 0.5) is 0 Å². The maximum atomic E-state index is 9.96. The molecule has 130 valence electrons. The second-order valence-corrected chi connectivity index (χ2v) is 6.29. The van der Waals surface area contributed by atoms with Gasteiger partial charge in [-0.2, -0.15) is 0 Å². The maximum Gasteiger partial charge on any atom is 0.149 e. The number of benzene rings is 3. The maximum absolute atomic E-state index is 9.96. The van der Waals surface area contributed by atoms with Gasteiger partial charge < -0.3 is 14.6 Å². The Morgan fingerprint density at radius 1 is 0.885 bits per heavy atom. The Bertz CT molecular complexity index is 891. The van der Waals surface area contributed by atoms with Gasteiger partial charge in [0.1, 0.15) is 30.0 Å². The van der Waals surface area contributed by atoms with Crippen molar-refractivity contribution in [1.29, 1.82) is 0 Å². The summed E-state index contributed by atoms with van der Waals surface area (Å²) in [5, 5.41) is 9.96. The standard InChI is InChI=1S/C23H20O3/c1-16-20(24)13-12-19-21(14-15-25-22(16)19)26-23(17-8-4-2-5-9-17)18-10-6-3-7-11-18/h2-14,23-24H,15H2,1H3. The van der Waals surface area contributed by atoms with Crippen LogP contribution in [-0.2, 0) is 4.74 Å². The molecule has 0 amide bonds. The Labute approximate surface area is 153 Å². The molecule has 3 aromatic rings. The van der Waals surface area contributed by atoms with Gasteiger partial charge in [-0.25, -0.2) is 0 Å². The third-order valence-corrected chi connectivity index (χ3v) is 4.59. The van der Waals surface area contributed by atoms with Crippen molar-refractivity contribution in [3.8, 4) is 11.5 Å². The molecule has 0 radical (unpaired) electrons. The molecule has 0 saturated heterocycles. The van der Waals surface area contributed by atoms with E-state index in [0.717, 1.165) is 28.0 Å². The van der Waals surface area contributed by atoms with Gasteiger partial charge in [-0.05, 0) is 36.3 Å². The second-order valence-electron chi connectivity index (χ2n) is 6.29. The number of ether oxygens (including phenoxy) is 2. The van der Waals surface area contributed by atoms with E-state index in [2.05, 4.69) is 24.3 Å². The first-order chi connectivity index (χ1) is 12.7. The van der Waals surface area contributed by atoms with Crippen molar-refractivity contribution in [1.82, 2.24) is 0 Å². The molecule has 0 bridgehead atoms. The lowest BCUT2D eigenvalue weighted by Gasteiger charge is -2.26. The number of phenolic OH excluding ortho intramolecular Hbond substituents is 1. The van der Waals surface area contributed by atoms with Crippen LogP contribution in [0, 0.1) is 6.92 Å². The number of hydrogen-bond donors (Lipinski definition) is 1. The molecule has 0 spiro atoms. The summed E-state index contributed by atoms with van der Waals surface area (Å²) in [7, 11) is 0. The van der Waals surface area contributed by atoms with Crippen molar-refractivity contribution < 1.29 is 14.6 Å². The molecule has 3 aromatic carbocycles. The van der Waals surface area contributed by atoms with Gasteiger partial charge in [0.05, 0.1) is 5.56 Å². The number of phenols is 1. The summed E-state index contributed by atoms with van der Waals surface area (Å²) >= 11 is 0. The average molecular weight is 344 g/mol. The molecule has 0 atom stereocenters. The minimum atomic E-state index is -0.219. The molecule has 0 aromatic heterocycles. The van der Waals surface area contributed by atoms with E-state index in [-0.39, 0.29) is 11.9 Å². The van der Waals surface area contributed by atoms with Crippen LogP contribution in [0.3, 0.4) is 0 Å². The summed E-state index contributed by atoms with van der Waals surface area (Å²) in [6, 6.07) is 23.9. The van der Waals surface area contributed by atoms with E-state index in [9.17, 15) is 5.11 Å². The van der Waals surface area contributed by atoms with Crippen LogP contribution < -0.4 is 4.74 Å². The van der Waals surface area contributed by atoms with Gasteiger partial charge in [0.15, 0.2) is 0 Å². The van der Waals surface area contributed by atoms with Crippen LogP contribution in [-0.4, -0.2) is 11.7 Å². The Hall–Kier alpha value is -3.20. The van der Waals surface area contributed by atoms with Crippen molar-refractivity contribution in [2.75, 3.05) is 6.61 Å². The molecule has 0 fully saturated rings. The summed E-state index contributed by atoms with van der Waals surface area (Å²) in [5.41, 5.74) is 3.77. The largest absolute Gasteiger partial charge is 0.508 e. The van der Waals surface area contributed by atoms with Gasteiger partial charge in [-0.15, -0.1) is 0 Å². The number of fused-ring (bicyclic) bond motifs is 1. The number of aromatic hydroxyl groups is 1. The van der Waals surface area contributed by atoms with Crippen molar-refractivity contribution >= 4 is 5.76 Å². The first-order valence-electron chi connectivity index (χ1n) is 8.66. The van der Waals surface area contributed by atoms with E-state index in [0.29, 0.717) is 12.4 Å². The summed E-state index contributed by atoms with van der Waals surface area (Å²) in [6.07, 6.45) is 1.72. The monoisotopic (exact) mass is 344 g/mol. The zero-order chi connectivity index (χ0) is 17.9. The lowest BCUT2D eigenvalue weighted by molar-refractivity contribution is 0.200. The van der Waals surface area contributed by atoms with Crippen molar-refractivity contribution in [3.63, 3.8) is 0 Å². The average Bonchev–Trinajstić information content (AvgIpc) is 2.70. The van der Waals surface area contributed by atoms with Crippen LogP contribution in [0.2, 0.25) is 0 Å². The highest BCUT2D eigenvalue weighted by Crippen LogP contribution is 2.40. The fourth-order valence-electron chi connectivity index (χ4n) is 3.19. The summed E-state index contributed by atoms with van der Waals surface area (Å²) < 4.78 is 12.2.